The van der Waals surface area contributed by atoms with Crippen LogP contribution in [0.4, 0.5) is 11.6 Å². The molecule has 0 atom stereocenters. The molecule has 0 spiro atoms. The lowest BCUT2D eigenvalue weighted by molar-refractivity contribution is -0.120. The third-order valence-electron chi connectivity index (χ3n) is 4.75. The summed E-state index contributed by atoms with van der Waals surface area (Å²) in [6, 6.07) is 10.1. The van der Waals surface area contributed by atoms with E-state index in [0.29, 0.717) is 0 Å². The minimum absolute atomic E-state index is 0.0491. The maximum atomic E-state index is 12.5. The number of benzene rings is 1. The van der Waals surface area contributed by atoms with Crippen molar-refractivity contribution in [1.82, 2.24) is 9.97 Å². The van der Waals surface area contributed by atoms with Crippen LogP contribution in [0.2, 0.25) is 0 Å². The maximum Gasteiger partial charge on any atom is 0.227 e. The fourth-order valence-electron chi connectivity index (χ4n) is 3.26. The van der Waals surface area contributed by atoms with Gasteiger partial charge in [-0.05, 0) is 56.9 Å². The number of carbonyl (C=O) groups is 1. The predicted octanol–water partition coefficient (Wildman–Crippen LogP) is 3.51. The Bertz CT molecular complexity index is 714. The highest BCUT2D eigenvalue weighted by Gasteiger charge is 2.26. The smallest absolute Gasteiger partial charge is 0.227 e. The molecule has 2 aromatic rings. The molecule has 1 aromatic heterocycles. The number of amides is 1. The molecule has 5 heteroatoms. The van der Waals surface area contributed by atoms with E-state index >= 15 is 0 Å². The van der Waals surface area contributed by atoms with Crippen LogP contribution < -0.4 is 10.2 Å². The van der Waals surface area contributed by atoms with Gasteiger partial charge in [0.1, 0.15) is 0 Å². The number of nitrogens with zero attached hydrogens (tertiary/aromatic N) is 3. The van der Waals surface area contributed by atoms with Crippen LogP contribution in [-0.4, -0.2) is 29.0 Å². The van der Waals surface area contributed by atoms with Gasteiger partial charge in [-0.25, -0.2) is 9.97 Å². The van der Waals surface area contributed by atoms with Gasteiger partial charge < -0.3 is 10.2 Å². The van der Waals surface area contributed by atoms with Crippen LogP contribution in [0.1, 0.15) is 36.7 Å². The van der Waals surface area contributed by atoms with Crippen molar-refractivity contribution >= 4 is 17.5 Å². The molecule has 0 bridgehead atoms. The van der Waals surface area contributed by atoms with Gasteiger partial charge in [0.05, 0.1) is 0 Å². The maximum absolute atomic E-state index is 12.5. The molecule has 1 saturated heterocycles. The van der Waals surface area contributed by atoms with Crippen LogP contribution in [0.15, 0.2) is 30.3 Å². The topological polar surface area (TPSA) is 58.1 Å². The summed E-state index contributed by atoms with van der Waals surface area (Å²) in [7, 11) is 0. The lowest BCUT2D eigenvalue weighted by Gasteiger charge is -2.31. The number of piperidine rings is 1. The molecule has 1 aliphatic heterocycles. The highest BCUT2D eigenvalue weighted by molar-refractivity contribution is 5.92. The lowest BCUT2D eigenvalue weighted by Crippen LogP contribution is -2.39. The molecular weight excluding hydrogens is 312 g/mol. The summed E-state index contributed by atoms with van der Waals surface area (Å²) in [5.74, 6) is 0.949. The van der Waals surface area contributed by atoms with E-state index in [0.717, 1.165) is 55.4 Å². The SMILES string of the molecule is CCc1ccc(NC(=O)C2CCN(c3nc(C)cc(C)n3)CC2)cc1. The van der Waals surface area contributed by atoms with E-state index in [-0.39, 0.29) is 11.8 Å². The number of aryl methyl sites for hydroxylation is 3. The second kappa shape index (κ2) is 7.64. The minimum Gasteiger partial charge on any atom is -0.341 e. The largest absolute Gasteiger partial charge is 0.341 e. The molecule has 1 fully saturated rings. The summed E-state index contributed by atoms with van der Waals surface area (Å²) in [6.07, 6.45) is 2.66. The van der Waals surface area contributed by atoms with Crippen LogP contribution >= 0.6 is 0 Å². The Balaban J connectivity index is 1.56. The van der Waals surface area contributed by atoms with Gasteiger partial charge in [-0.15, -0.1) is 0 Å². The highest BCUT2D eigenvalue weighted by Crippen LogP contribution is 2.23. The van der Waals surface area contributed by atoms with Gasteiger partial charge in [0.25, 0.3) is 0 Å². The summed E-state index contributed by atoms with van der Waals surface area (Å²) in [6.45, 7) is 7.73. The third kappa shape index (κ3) is 4.35. The Labute approximate surface area is 149 Å². The van der Waals surface area contributed by atoms with Crippen molar-refractivity contribution in [3.05, 3.63) is 47.3 Å². The average molecular weight is 338 g/mol. The Hall–Kier alpha value is -2.43. The fraction of sp³-hybridized carbons (Fsp3) is 0.450. The summed E-state index contributed by atoms with van der Waals surface area (Å²) in [5.41, 5.74) is 4.12. The van der Waals surface area contributed by atoms with Crippen LogP contribution in [-0.2, 0) is 11.2 Å². The van der Waals surface area contributed by atoms with Gasteiger partial charge in [-0.3, -0.25) is 4.79 Å². The third-order valence-corrected chi connectivity index (χ3v) is 4.75. The van der Waals surface area contributed by atoms with Crippen molar-refractivity contribution in [3.63, 3.8) is 0 Å². The van der Waals surface area contributed by atoms with Crippen molar-refractivity contribution in [2.75, 3.05) is 23.3 Å². The monoisotopic (exact) mass is 338 g/mol. The Morgan fingerprint density at radius 1 is 1.12 bits per heavy atom. The Morgan fingerprint density at radius 3 is 2.28 bits per heavy atom. The molecule has 1 aliphatic rings. The molecule has 5 nitrogen and oxygen atoms in total. The first kappa shape index (κ1) is 17.4. The lowest BCUT2D eigenvalue weighted by atomic mass is 9.96. The molecule has 1 amide bonds. The van der Waals surface area contributed by atoms with Crippen LogP contribution in [0.25, 0.3) is 0 Å². The number of carbonyl (C=O) groups excluding carboxylic acids is 1. The van der Waals surface area contributed by atoms with Gasteiger partial charge in [-0.1, -0.05) is 19.1 Å². The van der Waals surface area contributed by atoms with Gasteiger partial charge in [0.2, 0.25) is 11.9 Å². The summed E-state index contributed by atoms with van der Waals surface area (Å²) >= 11 is 0. The van der Waals surface area contributed by atoms with Crippen LogP contribution in [0, 0.1) is 19.8 Å². The first-order valence-corrected chi connectivity index (χ1v) is 9.02. The van der Waals surface area contributed by atoms with E-state index in [4.69, 9.17) is 0 Å². The van der Waals surface area contributed by atoms with Crippen molar-refractivity contribution in [2.24, 2.45) is 5.92 Å². The minimum atomic E-state index is 0.0491. The number of hydrogen-bond donors (Lipinski definition) is 1. The number of rotatable bonds is 4. The van der Waals surface area contributed by atoms with Crippen molar-refractivity contribution in [3.8, 4) is 0 Å². The van der Waals surface area contributed by atoms with Crippen molar-refractivity contribution in [2.45, 2.75) is 40.0 Å². The van der Waals surface area contributed by atoms with Gasteiger partial charge >= 0.3 is 0 Å². The summed E-state index contributed by atoms with van der Waals surface area (Å²) in [4.78, 5) is 23.7. The van der Waals surface area contributed by atoms with E-state index in [1.807, 2.05) is 32.0 Å². The quantitative estimate of drug-likeness (QED) is 0.927. The van der Waals surface area contributed by atoms with Crippen LogP contribution in [0.5, 0.6) is 0 Å². The highest BCUT2D eigenvalue weighted by atomic mass is 16.1. The first-order valence-electron chi connectivity index (χ1n) is 9.02. The molecule has 1 aromatic carbocycles. The number of aromatic nitrogens is 2. The molecular formula is C20H26N4O. The standard InChI is InChI=1S/C20H26N4O/c1-4-16-5-7-18(8-6-16)23-19(25)17-9-11-24(12-10-17)20-21-14(2)13-15(3)22-20/h5-8,13,17H,4,9-12H2,1-3H3,(H,23,25). The zero-order valence-electron chi connectivity index (χ0n) is 15.2. The second-order valence-corrected chi connectivity index (χ2v) is 6.75. The molecule has 25 heavy (non-hydrogen) atoms. The van der Waals surface area contributed by atoms with Crippen molar-refractivity contribution < 1.29 is 4.79 Å². The molecule has 1 N–H and O–H groups in total. The second-order valence-electron chi connectivity index (χ2n) is 6.75. The molecule has 2 heterocycles. The Morgan fingerprint density at radius 2 is 1.72 bits per heavy atom. The van der Waals surface area contributed by atoms with Gasteiger partial charge in [0, 0.05) is 36.1 Å². The molecule has 0 aliphatic carbocycles. The zero-order chi connectivity index (χ0) is 17.8. The predicted molar refractivity (Wildman–Crippen MR) is 101 cm³/mol. The average Bonchev–Trinajstić information content (AvgIpc) is 2.61. The Kier molecular flexibility index (Phi) is 5.31. The van der Waals surface area contributed by atoms with Crippen LogP contribution in [0.3, 0.4) is 0 Å². The van der Waals surface area contributed by atoms with E-state index in [2.05, 4.69) is 39.2 Å². The molecule has 0 saturated carbocycles. The van der Waals surface area contributed by atoms with Crippen molar-refractivity contribution in [1.29, 1.82) is 0 Å². The molecule has 0 radical (unpaired) electrons. The van der Waals surface area contributed by atoms with Gasteiger partial charge in [-0.2, -0.15) is 0 Å². The number of nitrogens with one attached hydrogen (secondary N) is 1. The molecule has 132 valence electrons. The number of anilines is 2. The summed E-state index contributed by atoms with van der Waals surface area (Å²) < 4.78 is 0. The number of hydrogen-bond acceptors (Lipinski definition) is 4. The fourth-order valence-corrected chi connectivity index (χ4v) is 3.26. The summed E-state index contributed by atoms with van der Waals surface area (Å²) in [5, 5.41) is 3.05. The van der Waals surface area contributed by atoms with E-state index in [1.165, 1.54) is 5.56 Å². The van der Waals surface area contributed by atoms with E-state index in [9.17, 15) is 4.79 Å². The van der Waals surface area contributed by atoms with Gasteiger partial charge in [0.15, 0.2) is 0 Å². The zero-order valence-corrected chi connectivity index (χ0v) is 15.2. The molecule has 3 rings (SSSR count). The molecule has 0 unspecified atom stereocenters. The normalized spacial score (nSPS) is 15.2. The first-order chi connectivity index (χ1) is 12.0. The van der Waals surface area contributed by atoms with E-state index in [1.54, 1.807) is 0 Å². The van der Waals surface area contributed by atoms with E-state index < -0.39 is 0 Å².